The van der Waals surface area contributed by atoms with E-state index in [1.807, 2.05) is 0 Å². The number of aliphatic hydroxyl groups excluding tert-OH is 1. The summed E-state index contributed by atoms with van der Waals surface area (Å²) in [5.41, 5.74) is 1.38. The molecule has 0 aliphatic rings. The molecule has 1 rings (SSSR count). The molecule has 0 aliphatic heterocycles. The molecule has 0 saturated carbocycles. The third-order valence-corrected chi connectivity index (χ3v) is 2.05. The first kappa shape index (κ1) is 9.49. The molecule has 0 radical (unpaired) electrons. The Kier molecular flexibility index (Phi) is 2.70. The van der Waals surface area contributed by atoms with E-state index in [1.165, 1.54) is 12.1 Å². The van der Waals surface area contributed by atoms with E-state index in [1.54, 1.807) is 13.8 Å². The van der Waals surface area contributed by atoms with Gasteiger partial charge in [0.25, 0.3) is 0 Å². The minimum Gasteiger partial charge on any atom is -0.389 e. The summed E-state index contributed by atoms with van der Waals surface area (Å²) >= 11 is 5.54. The van der Waals surface area contributed by atoms with Crippen molar-refractivity contribution in [2.24, 2.45) is 0 Å². The molecule has 1 aromatic carbocycles. The summed E-state index contributed by atoms with van der Waals surface area (Å²) in [4.78, 5) is 0. The molecule has 0 aliphatic carbocycles. The van der Waals surface area contributed by atoms with Crippen molar-refractivity contribution in [1.82, 2.24) is 0 Å². The van der Waals surface area contributed by atoms with Crippen molar-refractivity contribution < 1.29 is 9.50 Å². The lowest BCUT2D eigenvalue weighted by atomic mass is 10.0. The molecule has 1 aromatic rings. The summed E-state index contributed by atoms with van der Waals surface area (Å²) in [7, 11) is 0. The second-order valence-electron chi connectivity index (χ2n) is 2.80. The maximum Gasteiger partial charge on any atom is 0.142 e. The number of hydrogen-bond donors (Lipinski definition) is 1. The summed E-state index contributed by atoms with van der Waals surface area (Å²) in [5.74, 6) is -0.446. The molecule has 0 spiro atoms. The van der Waals surface area contributed by atoms with Crippen molar-refractivity contribution in [3.63, 3.8) is 0 Å². The predicted molar refractivity (Wildman–Crippen MR) is 46.8 cm³/mol. The van der Waals surface area contributed by atoms with E-state index in [0.717, 1.165) is 0 Å². The number of halogens is 2. The van der Waals surface area contributed by atoms with Gasteiger partial charge in [0.2, 0.25) is 0 Å². The van der Waals surface area contributed by atoms with Gasteiger partial charge in [-0.05, 0) is 37.1 Å². The zero-order chi connectivity index (χ0) is 9.30. The van der Waals surface area contributed by atoms with Crippen molar-refractivity contribution in [2.75, 3.05) is 0 Å². The third kappa shape index (κ3) is 1.76. The summed E-state index contributed by atoms with van der Waals surface area (Å²) in [6, 6.07) is 2.78. The van der Waals surface area contributed by atoms with Gasteiger partial charge in [-0.25, -0.2) is 4.39 Å². The van der Waals surface area contributed by atoms with Crippen molar-refractivity contribution in [3.8, 4) is 0 Å². The van der Waals surface area contributed by atoms with Crippen LogP contribution in [0.3, 0.4) is 0 Å². The normalized spacial score (nSPS) is 13.1. The summed E-state index contributed by atoms with van der Waals surface area (Å²) in [6.45, 7) is 3.36. The molecule has 0 fully saturated rings. The van der Waals surface area contributed by atoms with Crippen LogP contribution in [0.25, 0.3) is 0 Å². The van der Waals surface area contributed by atoms with Gasteiger partial charge in [0, 0.05) is 0 Å². The molecule has 0 heterocycles. The maximum atomic E-state index is 12.8. The number of hydrogen-bond acceptors (Lipinski definition) is 1. The smallest absolute Gasteiger partial charge is 0.142 e. The van der Waals surface area contributed by atoms with Crippen LogP contribution in [-0.2, 0) is 0 Å². The van der Waals surface area contributed by atoms with E-state index in [2.05, 4.69) is 0 Å². The first-order chi connectivity index (χ1) is 5.52. The zero-order valence-corrected chi connectivity index (χ0v) is 7.69. The first-order valence-electron chi connectivity index (χ1n) is 3.66. The maximum absolute atomic E-state index is 12.8. The lowest BCUT2D eigenvalue weighted by molar-refractivity contribution is 0.198. The topological polar surface area (TPSA) is 20.2 Å². The van der Waals surface area contributed by atoms with Gasteiger partial charge in [-0.3, -0.25) is 0 Å². The van der Waals surface area contributed by atoms with E-state index >= 15 is 0 Å². The minimum absolute atomic E-state index is 0.0523. The average molecular weight is 189 g/mol. The molecular formula is C9H10ClFO. The molecule has 0 amide bonds. The largest absolute Gasteiger partial charge is 0.389 e. The molecule has 0 aromatic heterocycles. The molecule has 3 heteroatoms. The Morgan fingerprint density at radius 2 is 2.08 bits per heavy atom. The van der Waals surface area contributed by atoms with Crippen LogP contribution in [0.1, 0.15) is 24.2 Å². The van der Waals surface area contributed by atoms with Gasteiger partial charge in [0.05, 0.1) is 11.1 Å². The number of aliphatic hydroxyl groups is 1. The van der Waals surface area contributed by atoms with Crippen LogP contribution in [0.15, 0.2) is 12.1 Å². The van der Waals surface area contributed by atoms with E-state index < -0.39 is 11.9 Å². The fourth-order valence-corrected chi connectivity index (χ4v) is 1.28. The van der Waals surface area contributed by atoms with Crippen LogP contribution in [0.4, 0.5) is 4.39 Å². The van der Waals surface area contributed by atoms with Crippen molar-refractivity contribution in [3.05, 3.63) is 34.1 Å². The number of aryl methyl sites for hydroxylation is 1. The van der Waals surface area contributed by atoms with Crippen LogP contribution in [0, 0.1) is 12.7 Å². The monoisotopic (exact) mass is 188 g/mol. The van der Waals surface area contributed by atoms with Gasteiger partial charge in [-0.15, -0.1) is 0 Å². The summed E-state index contributed by atoms with van der Waals surface area (Å²) < 4.78 is 12.8. The number of benzene rings is 1. The molecule has 0 bridgehead atoms. The van der Waals surface area contributed by atoms with Gasteiger partial charge < -0.3 is 5.11 Å². The van der Waals surface area contributed by atoms with Gasteiger partial charge in [-0.2, -0.15) is 0 Å². The van der Waals surface area contributed by atoms with Gasteiger partial charge in [0.15, 0.2) is 0 Å². The van der Waals surface area contributed by atoms with Crippen molar-refractivity contribution in [1.29, 1.82) is 0 Å². The Hall–Kier alpha value is -0.600. The Morgan fingerprint density at radius 3 is 2.58 bits per heavy atom. The Morgan fingerprint density at radius 1 is 1.50 bits per heavy atom. The van der Waals surface area contributed by atoms with Crippen LogP contribution in [-0.4, -0.2) is 5.11 Å². The predicted octanol–water partition coefficient (Wildman–Crippen LogP) is 2.84. The lowest BCUT2D eigenvalue weighted by Gasteiger charge is -2.09. The van der Waals surface area contributed by atoms with E-state index in [9.17, 15) is 9.50 Å². The number of rotatable bonds is 1. The van der Waals surface area contributed by atoms with E-state index in [4.69, 9.17) is 11.6 Å². The fraction of sp³-hybridized carbons (Fsp3) is 0.333. The molecular weight excluding hydrogens is 179 g/mol. The van der Waals surface area contributed by atoms with Crippen molar-refractivity contribution in [2.45, 2.75) is 20.0 Å². The van der Waals surface area contributed by atoms with Gasteiger partial charge >= 0.3 is 0 Å². The van der Waals surface area contributed by atoms with E-state index in [0.29, 0.717) is 11.1 Å². The highest BCUT2D eigenvalue weighted by atomic mass is 35.5. The SMILES string of the molecule is Cc1cc(F)c(Cl)cc1C(C)O. The van der Waals surface area contributed by atoms with E-state index in [-0.39, 0.29) is 5.02 Å². The molecule has 12 heavy (non-hydrogen) atoms. The fourth-order valence-electron chi connectivity index (χ4n) is 1.11. The Labute approximate surface area is 75.8 Å². The minimum atomic E-state index is -0.608. The standard InChI is InChI=1S/C9H10ClFO/c1-5-3-9(11)8(10)4-7(5)6(2)12/h3-4,6,12H,1-2H3. The van der Waals surface area contributed by atoms with Gasteiger partial charge in [0.1, 0.15) is 5.82 Å². The Balaban J connectivity index is 3.23. The quantitative estimate of drug-likeness (QED) is 0.719. The summed E-state index contributed by atoms with van der Waals surface area (Å²) in [5, 5.41) is 9.29. The van der Waals surface area contributed by atoms with Crippen LogP contribution < -0.4 is 0 Å². The molecule has 1 atom stereocenters. The highest BCUT2D eigenvalue weighted by Crippen LogP contribution is 2.24. The second kappa shape index (κ2) is 3.42. The molecule has 1 N–H and O–H groups in total. The van der Waals surface area contributed by atoms with Gasteiger partial charge in [-0.1, -0.05) is 11.6 Å². The summed E-state index contributed by atoms with van der Waals surface area (Å²) in [6.07, 6.45) is -0.608. The molecule has 0 saturated heterocycles. The Bertz CT molecular complexity index is 297. The van der Waals surface area contributed by atoms with Crippen LogP contribution in [0.2, 0.25) is 5.02 Å². The average Bonchev–Trinajstić information content (AvgIpc) is 1.96. The highest BCUT2D eigenvalue weighted by molar-refractivity contribution is 6.30. The third-order valence-electron chi connectivity index (χ3n) is 1.76. The van der Waals surface area contributed by atoms with Crippen LogP contribution >= 0.6 is 11.6 Å². The molecule has 1 nitrogen and oxygen atoms in total. The first-order valence-corrected chi connectivity index (χ1v) is 4.03. The molecule has 1 unspecified atom stereocenters. The lowest BCUT2D eigenvalue weighted by Crippen LogP contribution is -1.96. The molecule has 66 valence electrons. The second-order valence-corrected chi connectivity index (χ2v) is 3.21. The zero-order valence-electron chi connectivity index (χ0n) is 6.94. The van der Waals surface area contributed by atoms with Crippen LogP contribution in [0.5, 0.6) is 0 Å². The highest BCUT2D eigenvalue weighted by Gasteiger charge is 2.08. The van der Waals surface area contributed by atoms with Crippen molar-refractivity contribution >= 4 is 11.6 Å².